The third-order valence-electron chi connectivity index (χ3n) is 6.88. The van der Waals surface area contributed by atoms with Gasteiger partial charge in [-0.25, -0.2) is 9.37 Å². The number of likely N-dealkylation sites (tertiary alicyclic amines) is 1. The molecule has 0 spiro atoms. The van der Waals surface area contributed by atoms with Crippen molar-refractivity contribution in [1.82, 2.24) is 39.7 Å². The quantitative estimate of drug-likeness (QED) is 0.288. The highest BCUT2D eigenvalue weighted by Gasteiger charge is 2.40. The number of aromatic nitrogens is 6. The van der Waals surface area contributed by atoms with Gasteiger partial charge in [0.25, 0.3) is 0 Å². The molecule has 0 unspecified atom stereocenters. The second-order valence-corrected chi connectivity index (χ2v) is 10.2. The minimum atomic E-state index is -1.34. The van der Waals surface area contributed by atoms with E-state index in [1.54, 1.807) is 36.7 Å². The summed E-state index contributed by atoms with van der Waals surface area (Å²) in [5.41, 5.74) is 1.75. The molecule has 5 heterocycles. The lowest BCUT2D eigenvalue weighted by Gasteiger charge is -2.23. The number of pyridine rings is 2. The molecule has 4 aromatic rings. The van der Waals surface area contributed by atoms with Crippen LogP contribution in [0.4, 0.5) is 16.0 Å². The van der Waals surface area contributed by atoms with E-state index in [0.717, 1.165) is 18.5 Å². The number of ketones is 2. The van der Waals surface area contributed by atoms with Crippen molar-refractivity contribution in [2.45, 2.75) is 38.5 Å². The van der Waals surface area contributed by atoms with Crippen molar-refractivity contribution in [2.24, 2.45) is 0 Å². The fourth-order valence-electron chi connectivity index (χ4n) is 4.84. The molecule has 5 rings (SSSR count). The van der Waals surface area contributed by atoms with Gasteiger partial charge >= 0.3 is 0 Å². The summed E-state index contributed by atoms with van der Waals surface area (Å²) in [5, 5.41) is 15.7. The largest absolute Gasteiger partial charge is 0.328 e. The van der Waals surface area contributed by atoms with Gasteiger partial charge in [0.2, 0.25) is 11.7 Å². The lowest BCUT2D eigenvalue weighted by molar-refractivity contribution is -0.132. The Morgan fingerprint density at radius 3 is 2.68 bits per heavy atom. The third kappa shape index (κ3) is 6.24. The van der Waals surface area contributed by atoms with E-state index in [2.05, 4.69) is 30.6 Å². The van der Waals surface area contributed by atoms with Gasteiger partial charge < -0.3 is 15.1 Å². The van der Waals surface area contributed by atoms with Crippen molar-refractivity contribution in [3.8, 4) is 0 Å². The Hall–Kier alpha value is -4.65. The zero-order valence-corrected chi connectivity index (χ0v) is 23.0. The van der Waals surface area contributed by atoms with E-state index in [-0.39, 0.29) is 36.7 Å². The Morgan fingerprint density at radius 2 is 1.95 bits per heavy atom. The van der Waals surface area contributed by atoms with Crippen LogP contribution in [0.2, 0.25) is 0 Å². The summed E-state index contributed by atoms with van der Waals surface area (Å²) < 4.78 is 16.0. The van der Waals surface area contributed by atoms with Crippen molar-refractivity contribution in [2.75, 3.05) is 32.5 Å². The van der Waals surface area contributed by atoms with Crippen molar-refractivity contribution < 1.29 is 18.8 Å². The summed E-state index contributed by atoms with van der Waals surface area (Å²) >= 11 is 0. The fraction of sp³-hybridized carbons (Fsp3) is 0.357. The standard InChI is InChI=1S/C28H30FN9O3/c1-17(39)27-20-13-25(33-24-5-4-8-32-34-24)31-14-23(20)38(35-27)16-26(40)37-15-19(29)12-22(37)28(41)21-11-18(6-9-30-21)7-10-36(2)3/h4-6,8-9,11,13-14,19,22H,7,10,12,15-16H2,1-3H3,(H,31,33,34)/t19-,22+/m1/s1. The maximum absolute atomic E-state index is 14.6. The van der Waals surface area contributed by atoms with E-state index in [0.29, 0.717) is 22.5 Å². The second kappa shape index (κ2) is 11.8. The normalized spacial score (nSPS) is 16.9. The molecule has 41 heavy (non-hydrogen) atoms. The monoisotopic (exact) mass is 559 g/mol. The Morgan fingerprint density at radius 1 is 1.12 bits per heavy atom. The summed E-state index contributed by atoms with van der Waals surface area (Å²) in [5.74, 6) is -0.308. The highest BCUT2D eigenvalue weighted by atomic mass is 19.1. The first kappa shape index (κ1) is 27.9. The lowest BCUT2D eigenvalue weighted by atomic mass is 10.0. The molecular formula is C28H30FN9O3. The third-order valence-corrected chi connectivity index (χ3v) is 6.88. The Bertz CT molecular complexity index is 1590. The molecule has 1 aliphatic rings. The van der Waals surface area contributed by atoms with Crippen LogP contribution in [-0.4, -0.2) is 96.6 Å². The Labute approximate surface area is 235 Å². The molecular weight excluding hydrogens is 529 g/mol. The first-order valence-corrected chi connectivity index (χ1v) is 13.2. The van der Waals surface area contributed by atoms with Crippen LogP contribution in [0.25, 0.3) is 10.9 Å². The zero-order valence-electron chi connectivity index (χ0n) is 23.0. The Balaban J connectivity index is 1.37. The summed E-state index contributed by atoms with van der Waals surface area (Å²) in [6.45, 7) is 1.67. The summed E-state index contributed by atoms with van der Waals surface area (Å²) in [7, 11) is 3.93. The minimum Gasteiger partial charge on any atom is -0.328 e. The van der Waals surface area contributed by atoms with Crippen LogP contribution < -0.4 is 5.32 Å². The van der Waals surface area contributed by atoms with Crippen molar-refractivity contribution in [3.05, 3.63) is 65.9 Å². The average molecular weight is 560 g/mol. The lowest BCUT2D eigenvalue weighted by Crippen LogP contribution is -2.42. The van der Waals surface area contributed by atoms with Crippen molar-refractivity contribution in [3.63, 3.8) is 0 Å². The van der Waals surface area contributed by atoms with Gasteiger partial charge in [-0.1, -0.05) is 0 Å². The fourth-order valence-corrected chi connectivity index (χ4v) is 4.84. The summed E-state index contributed by atoms with van der Waals surface area (Å²) in [6.07, 6.45) is 3.87. The SMILES string of the molecule is CC(=O)c1nn(CC(=O)N2C[C@H](F)C[C@H]2C(=O)c2cc(CCN(C)C)ccn2)c2cnc(Nc3cccnn3)cc12. The first-order valence-electron chi connectivity index (χ1n) is 13.2. The number of carbonyl (C=O) groups is 3. The molecule has 1 N–H and O–H groups in total. The molecule has 13 heteroatoms. The molecule has 1 amide bonds. The predicted octanol–water partition coefficient (Wildman–Crippen LogP) is 2.49. The zero-order chi connectivity index (χ0) is 29.1. The number of hydrogen-bond donors (Lipinski definition) is 1. The minimum absolute atomic E-state index is 0.105. The molecule has 4 aromatic heterocycles. The van der Waals surface area contributed by atoms with Gasteiger partial charge in [-0.3, -0.25) is 24.0 Å². The van der Waals surface area contributed by atoms with Crippen LogP contribution in [-0.2, 0) is 17.8 Å². The smallest absolute Gasteiger partial charge is 0.245 e. The number of amides is 1. The number of nitrogens with one attached hydrogen (secondary N) is 1. The van der Waals surface area contributed by atoms with E-state index in [9.17, 15) is 18.8 Å². The average Bonchev–Trinajstić information content (AvgIpc) is 3.52. The molecule has 1 aliphatic heterocycles. The number of anilines is 2. The molecule has 0 bridgehead atoms. The number of halogens is 1. The number of fused-ring (bicyclic) bond motifs is 1. The number of alkyl halides is 1. The molecule has 1 fully saturated rings. The van der Waals surface area contributed by atoms with E-state index in [1.165, 1.54) is 22.7 Å². The topological polar surface area (TPSA) is 139 Å². The van der Waals surface area contributed by atoms with Crippen molar-refractivity contribution in [1.29, 1.82) is 0 Å². The van der Waals surface area contributed by atoms with Gasteiger partial charge in [0.05, 0.1) is 24.3 Å². The number of Topliss-reactive ketones (excluding diaryl/α,β-unsaturated/α-hetero) is 2. The van der Waals surface area contributed by atoms with Crippen molar-refractivity contribution >= 4 is 40.0 Å². The number of rotatable bonds is 10. The maximum atomic E-state index is 14.6. The van der Waals surface area contributed by atoms with Gasteiger partial charge in [0.1, 0.15) is 29.9 Å². The highest BCUT2D eigenvalue weighted by Crippen LogP contribution is 2.26. The highest BCUT2D eigenvalue weighted by molar-refractivity contribution is 6.05. The molecule has 2 atom stereocenters. The van der Waals surface area contributed by atoms with Gasteiger partial charge in [-0.05, 0) is 56.4 Å². The molecule has 0 aromatic carbocycles. The molecule has 1 saturated heterocycles. The Kier molecular flexibility index (Phi) is 8.06. The number of nitrogens with zero attached hydrogens (tertiary/aromatic N) is 8. The van der Waals surface area contributed by atoms with Crippen LogP contribution in [0.15, 0.2) is 48.9 Å². The number of hydrogen-bond acceptors (Lipinski definition) is 10. The van der Waals surface area contributed by atoms with E-state index < -0.39 is 23.9 Å². The van der Waals surface area contributed by atoms with Crippen LogP contribution in [0, 0.1) is 0 Å². The molecule has 0 saturated carbocycles. The van der Waals surface area contributed by atoms with E-state index in [4.69, 9.17) is 0 Å². The van der Waals surface area contributed by atoms with Crippen LogP contribution in [0.1, 0.15) is 39.9 Å². The van der Waals surface area contributed by atoms with E-state index in [1.807, 2.05) is 25.1 Å². The summed E-state index contributed by atoms with van der Waals surface area (Å²) in [4.78, 5) is 51.2. The predicted molar refractivity (Wildman–Crippen MR) is 149 cm³/mol. The second-order valence-electron chi connectivity index (χ2n) is 10.2. The molecule has 12 nitrogen and oxygen atoms in total. The van der Waals surface area contributed by atoms with Gasteiger partial charge in [0.15, 0.2) is 11.6 Å². The summed E-state index contributed by atoms with van der Waals surface area (Å²) in [6, 6.07) is 7.64. The first-order chi connectivity index (χ1) is 19.7. The van der Waals surface area contributed by atoms with Crippen LogP contribution in [0.3, 0.4) is 0 Å². The molecule has 212 valence electrons. The molecule has 0 aliphatic carbocycles. The van der Waals surface area contributed by atoms with E-state index >= 15 is 0 Å². The van der Waals surface area contributed by atoms with Crippen LogP contribution in [0.5, 0.6) is 0 Å². The van der Waals surface area contributed by atoms with Gasteiger partial charge in [-0.15, -0.1) is 5.10 Å². The number of carbonyl (C=O) groups excluding carboxylic acids is 3. The van der Waals surface area contributed by atoms with Gasteiger partial charge in [0, 0.05) is 37.7 Å². The molecule has 0 radical (unpaired) electrons. The van der Waals surface area contributed by atoms with Crippen LogP contribution >= 0.6 is 0 Å². The van der Waals surface area contributed by atoms with Gasteiger partial charge in [-0.2, -0.15) is 10.2 Å². The number of likely N-dealkylation sites (N-methyl/N-ethyl adjacent to an activating group) is 1. The maximum Gasteiger partial charge on any atom is 0.245 e.